The molecule has 1 amide bonds. The molecule has 9 heteroatoms. The Labute approximate surface area is 203 Å². The summed E-state index contributed by atoms with van der Waals surface area (Å²) in [5.74, 6) is 1.54. The van der Waals surface area contributed by atoms with Gasteiger partial charge in [-0.1, -0.05) is 19.9 Å². The highest BCUT2D eigenvalue weighted by Gasteiger charge is 2.31. The lowest BCUT2D eigenvalue weighted by Gasteiger charge is -2.41. The van der Waals surface area contributed by atoms with E-state index in [4.69, 9.17) is 4.98 Å². The molecular weight excluding hydrogens is 440 g/mol. The summed E-state index contributed by atoms with van der Waals surface area (Å²) in [5.41, 5.74) is 2.89. The molecule has 0 saturated carbocycles. The normalized spacial score (nSPS) is 16.0. The van der Waals surface area contributed by atoms with Crippen molar-refractivity contribution in [2.24, 2.45) is 5.92 Å². The first-order chi connectivity index (χ1) is 17.0. The summed E-state index contributed by atoms with van der Waals surface area (Å²) in [5, 5.41) is 10.2. The standard InChI is InChI=1S/C26H26N8O/c1-17(2)26(35)33-11-10-32(14-18(33)3)24-23-20(21-6-4-5-8-28-21)15-34(25(23)31-16-30-24)22-12-19(13-27)7-9-29-22/h4-9,12,15-18H,10-11,14H2,1-3H3/t18-/m1/s1. The fourth-order valence-corrected chi connectivity index (χ4v) is 4.61. The van der Waals surface area contributed by atoms with Gasteiger partial charge in [-0.05, 0) is 31.2 Å². The van der Waals surface area contributed by atoms with E-state index in [9.17, 15) is 10.1 Å². The van der Waals surface area contributed by atoms with Crippen LogP contribution in [0.1, 0.15) is 26.3 Å². The van der Waals surface area contributed by atoms with Gasteiger partial charge in [0.1, 0.15) is 18.0 Å². The van der Waals surface area contributed by atoms with Crippen LogP contribution < -0.4 is 4.90 Å². The number of hydrogen-bond donors (Lipinski definition) is 0. The summed E-state index contributed by atoms with van der Waals surface area (Å²) in [6, 6.07) is 11.4. The van der Waals surface area contributed by atoms with Crippen LogP contribution in [0.15, 0.2) is 55.2 Å². The second-order valence-corrected chi connectivity index (χ2v) is 9.02. The summed E-state index contributed by atoms with van der Waals surface area (Å²) in [7, 11) is 0. The molecule has 0 unspecified atom stereocenters. The highest BCUT2D eigenvalue weighted by atomic mass is 16.2. The van der Waals surface area contributed by atoms with Crippen LogP contribution in [-0.4, -0.2) is 61.0 Å². The number of fused-ring (bicyclic) bond motifs is 1. The number of hydrogen-bond acceptors (Lipinski definition) is 7. The van der Waals surface area contributed by atoms with Gasteiger partial charge >= 0.3 is 0 Å². The highest BCUT2D eigenvalue weighted by Crippen LogP contribution is 2.36. The molecule has 5 heterocycles. The Bertz CT molecular complexity index is 1420. The SMILES string of the molecule is CC(C)C(=O)N1CCN(c2ncnc3c2c(-c2ccccn2)cn3-c2cc(C#N)ccn2)C[C@H]1C. The molecule has 176 valence electrons. The van der Waals surface area contributed by atoms with E-state index in [0.29, 0.717) is 36.7 Å². The Morgan fingerprint density at radius 3 is 2.69 bits per heavy atom. The minimum atomic E-state index is -0.0313. The summed E-state index contributed by atoms with van der Waals surface area (Å²) in [6.07, 6.45) is 6.89. The molecule has 1 aliphatic rings. The number of piperazine rings is 1. The quantitative estimate of drug-likeness (QED) is 0.454. The molecule has 4 aromatic heterocycles. The average molecular weight is 467 g/mol. The lowest BCUT2D eigenvalue weighted by atomic mass is 10.1. The number of carbonyl (C=O) groups is 1. The van der Waals surface area contributed by atoms with Crippen LogP contribution in [0.4, 0.5) is 5.82 Å². The van der Waals surface area contributed by atoms with E-state index in [1.807, 2.05) is 47.7 Å². The molecule has 9 nitrogen and oxygen atoms in total. The van der Waals surface area contributed by atoms with Gasteiger partial charge < -0.3 is 9.80 Å². The van der Waals surface area contributed by atoms with Gasteiger partial charge in [0.05, 0.1) is 22.7 Å². The monoisotopic (exact) mass is 466 g/mol. The third-order valence-electron chi connectivity index (χ3n) is 6.33. The van der Waals surface area contributed by atoms with Crippen molar-refractivity contribution in [2.45, 2.75) is 26.8 Å². The topological polar surface area (TPSA) is 104 Å². The summed E-state index contributed by atoms with van der Waals surface area (Å²) >= 11 is 0. The molecule has 1 atom stereocenters. The fraction of sp³-hybridized carbons (Fsp3) is 0.308. The van der Waals surface area contributed by atoms with Crippen molar-refractivity contribution in [2.75, 3.05) is 24.5 Å². The largest absolute Gasteiger partial charge is 0.352 e. The maximum absolute atomic E-state index is 12.7. The number of carbonyl (C=O) groups excluding carboxylic acids is 1. The zero-order valence-electron chi connectivity index (χ0n) is 20.0. The maximum atomic E-state index is 12.7. The molecule has 5 rings (SSSR count). The minimum absolute atomic E-state index is 0.0313. The molecule has 1 saturated heterocycles. The van der Waals surface area contributed by atoms with E-state index < -0.39 is 0 Å². The Balaban J connectivity index is 1.64. The third-order valence-corrected chi connectivity index (χ3v) is 6.33. The third kappa shape index (κ3) is 4.08. The molecule has 0 bridgehead atoms. The average Bonchev–Trinajstić information content (AvgIpc) is 3.29. The van der Waals surface area contributed by atoms with Gasteiger partial charge in [0.2, 0.25) is 5.91 Å². The zero-order chi connectivity index (χ0) is 24.5. The Morgan fingerprint density at radius 1 is 1.11 bits per heavy atom. The van der Waals surface area contributed by atoms with E-state index in [0.717, 1.165) is 22.5 Å². The molecule has 0 radical (unpaired) electrons. The Morgan fingerprint density at radius 2 is 1.97 bits per heavy atom. The molecule has 4 aromatic rings. The second-order valence-electron chi connectivity index (χ2n) is 9.02. The lowest BCUT2D eigenvalue weighted by molar-refractivity contribution is -0.136. The Kier molecular flexibility index (Phi) is 5.87. The minimum Gasteiger partial charge on any atom is -0.352 e. The van der Waals surface area contributed by atoms with Gasteiger partial charge in [-0.2, -0.15) is 5.26 Å². The van der Waals surface area contributed by atoms with Gasteiger partial charge in [-0.25, -0.2) is 15.0 Å². The van der Waals surface area contributed by atoms with Crippen LogP contribution in [0.2, 0.25) is 0 Å². The number of amides is 1. The first-order valence-electron chi connectivity index (χ1n) is 11.7. The fourth-order valence-electron chi connectivity index (χ4n) is 4.61. The number of anilines is 1. The van der Waals surface area contributed by atoms with Gasteiger partial charge in [0, 0.05) is 55.7 Å². The van der Waals surface area contributed by atoms with Crippen LogP contribution >= 0.6 is 0 Å². The summed E-state index contributed by atoms with van der Waals surface area (Å²) < 4.78 is 1.88. The van der Waals surface area contributed by atoms with E-state index in [2.05, 4.69) is 32.8 Å². The van der Waals surface area contributed by atoms with Gasteiger partial charge in [0.25, 0.3) is 0 Å². The van der Waals surface area contributed by atoms with E-state index >= 15 is 0 Å². The predicted molar refractivity (Wildman–Crippen MR) is 133 cm³/mol. The lowest BCUT2D eigenvalue weighted by Crippen LogP contribution is -2.55. The summed E-state index contributed by atoms with van der Waals surface area (Å²) in [6.45, 7) is 7.92. The van der Waals surface area contributed by atoms with Crippen LogP contribution in [0.25, 0.3) is 28.1 Å². The van der Waals surface area contributed by atoms with Gasteiger partial charge in [0.15, 0.2) is 5.65 Å². The molecule has 0 aliphatic carbocycles. The molecule has 35 heavy (non-hydrogen) atoms. The van der Waals surface area contributed by atoms with Crippen molar-refractivity contribution in [3.8, 4) is 23.1 Å². The molecule has 0 aromatic carbocycles. The number of nitriles is 1. The van der Waals surface area contributed by atoms with E-state index in [1.165, 1.54) is 0 Å². The predicted octanol–water partition coefficient (Wildman–Crippen LogP) is 3.44. The molecule has 1 aliphatic heterocycles. The van der Waals surface area contributed by atoms with Crippen LogP contribution in [0.3, 0.4) is 0 Å². The van der Waals surface area contributed by atoms with Gasteiger partial charge in [-0.3, -0.25) is 14.3 Å². The maximum Gasteiger partial charge on any atom is 0.225 e. The van der Waals surface area contributed by atoms with Crippen molar-refractivity contribution >= 4 is 22.8 Å². The van der Waals surface area contributed by atoms with Gasteiger partial charge in [-0.15, -0.1) is 0 Å². The van der Waals surface area contributed by atoms with E-state index in [1.54, 1.807) is 30.9 Å². The van der Waals surface area contributed by atoms with Crippen molar-refractivity contribution < 1.29 is 4.79 Å². The number of pyridine rings is 2. The van der Waals surface area contributed by atoms with Crippen LogP contribution in [0, 0.1) is 17.2 Å². The molecule has 0 spiro atoms. The smallest absolute Gasteiger partial charge is 0.225 e. The first kappa shape index (κ1) is 22.5. The number of rotatable bonds is 4. The van der Waals surface area contributed by atoms with Crippen LogP contribution in [-0.2, 0) is 4.79 Å². The molecule has 1 fully saturated rings. The number of nitrogens with zero attached hydrogens (tertiary/aromatic N) is 8. The number of aromatic nitrogens is 5. The first-order valence-corrected chi connectivity index (χ1v) is 11.7. The van der Waals surface area contributed by atoms with Crippen molar-refractivity contribution in [1.29, 1.82) is 5.26 Å². The second kappa shape index (κ2) is 9.14. The van der Waals surface area contributed by atoms with E-state index in [-0.39, 0.29) is 17.9 Å². The van der Waals surface area contributed by atoms with Crippen LogP contribution in [0.5, 0.6) is 0 Å². The van der Waals surface area contributed by atoms with Crippen molar-refractivity contribution in [3.05, 3.63) is 60.8 Å². The molecular formula is C26H26N8O. The van der Waals surface area contributed by atoms with Crippen molar-refractivity contribution in [1.82, 2.24) is 29.4 Å². The highest BCUT2D eigenvalue weighted by molar-refractivity contribution is 6.01. The molecule has 0 N–H and O–H groups in total. The summed E-state index contributed by atoms with van der Waals surface area (Å²) in [4.78, 5) is 35.2. The van der Waals surface area contributed by atoms with Crippen molar-refractivity contribution in [3.63, 3.8) is 0 Å². The Hall–Kier alpha value is -4.32. The zero-order valence-corrected chi connectivity index (χ0v) is 20.0.